The van der Waals surface area contributed by atoms with Crippen LogP contribution in [0.3, 0.4) is 0 Å². The largest absolute Gasteiger partial charge is 0.478 e. The van der Waals surface area contributed by atoms with E-state index in [-0.39, 0.29) is 17.7 Å². The number of nitrogens with zero attached hydrogens (tertiary/aromatic N) is 1. The fourth-order valence-electron chi connectivity index (χ4n) is 2.48. The molecule has 1 N–H and O–H groups in total. The first-order valence-electron chi connectivity index (χ1n) is 7.08. The number of thioether (sulfide) groups is 1. The van der Waals surface area contributed by atoms with E-state index in [2.05, 4.69) is 0 Å². The molecule has 7 heteroatoms. The molecule has 122 valence electrons. The van der Waals surface area contributed by atoms with Crippen molar-refractivity contribution in [1.82, 2.24) is 0 Å². The van der Waals surface area contributed by atoms with Crippen LogP contribution in [0, 0.1) is 5.82 Å². The lowest BCUT2D eigenvalue weighted by Gasteiger charge is -2.15. The fourth-order valence-corrected chi connectivity index (χ4v) is 3.66. The number of hydrogen-bond acceptors (Lipinski definition) is 4. The number of carboxylic acids is 1. The maximum Gasteiger partial charge on any atom is 0.336 e. The van der Waals surface area contributed by atoms with Gasteiger partial charge in [0.15, 0.2) is 0 Å². The number of halogens is 1. The Morgan fingerprint density at radius 2 is 1.92 bits per heavy atom. The lowest BCUT2D eigenvalue weighted by atomic mass is 10.2. The van der Waals surface area contributed by atoms with Gasteiger partial charge >= 0.3 is 5.97 Å². The summed E-state index contributed by atoms with van der Waals surface area (Å²) in [7, 11) is 0. The Hall–Kier alpha value is -2.67. The van der Waals surface area contributed by atoms with Gasteiger partial charge in [-0.3, -0.25) is 9.59 Å². The predicted octanol–water partition coefficient (Wildman–Crippen LogP) is 2.95. The lowest BCUT2D eigenvalue weighted by Crippen LogP contribution is -2.31. The summed E-state index contributed by atoms with van der Waals surface area (Å²) in [5.74, 6) is -2.55. The van der Waals surface area contributed by atoms with Gasteiger partial charge in [-0.1, -0.05) is 18.2 Å². The van der Waals surface area contributed by atoms with Crippen LogP contribution in [0.15, 0.2) is 53.4 Å². The van der Waals surface area contributed by atoms with Crippen molar-refractivity contribution in [2.75, 3.05) is 4.90 Å². The second kappa shape index (κ2) is 6.45. The van der Waals surface area contributed by atoms with Crippen LogP contribution in [0.4, 0.5) is 10.1 Å². The lowest BCUT2D eigenvalue weighted by molar-refractivity contribution is -0.121. The van der Waals surface area contributed by atoms with Crippen LogP contribution in [0.5, 0.6) is 0 Å². The molecule has 1 fully saturated rings. The van der Waals surface area contributed by atoms with Crippen molar-refractivity contribution in [3.63, 3.8) is 0 Å². The van der Waals surface area contributed by atoms with E-state index in [9.17, 15) is 23.9 Å². The molecular formula is C17H12FNO4S. The van der Waals surface area contributed by atoms with Crippen molar-refractivity contribution in [2.45, 2.75) is 16.6 Å². The molecule has 0 unspecified atom stereocenters. The van der Waals surface area contributed by atoms with E-state index in [0.29, 0.717) is 4.90 Å². The van der Waals surface area contributed by atoms with Crippen LogP contribution >= 0.6 is 11.8 Å². The fraction of sp³-hybridized carbons (Fsp3) is 0.118. The Bertz CT molecular complexity index is 839. The zero-order valence-corrected chi connectivity index (χ0v) is 13.1. The van der Waals surface area contributed by atoms with E-state index < -0.39 is 28.9 Å². The standard InChI is InChI=1S/C17H12FNO4S/c18-10-4-3-5-11(8-10)19-15(20)9-14(16(19)21)24-13-7-2-1-6-12(13)17(22)23/h1-8,14H,9H2,(H,22,23)/t14-/m0/s1. The molecule has 5 nitrogen and oxygen atoms in total. The highest BCUT2D eigenvalue weighted by Crippen LogP contribution is 2.35. The van der Waals surface area contributed by atoms with Gasteiger partial charge in [0.1, 0.15) is 5.82 Å². The summed E-state index contributed by atoms with van der Waals surface area (Å²) in [6, 6.07) is 11.5. The Kier molecular flexibility index (Phi) is 4.35. The highest BCUT2D eigenvalue weighted by molar-refractivity contribution is 8.00. The monoisotopic (exact) mass is 345 g/mol. The van der Waals surface area contributed by atoms with Crippen molar-refractivity contribution in [2.24, 2.45) is 0 Å². The van der Waals surface area contributed by atoms with Crippen LogP contribution in [-0.4, -0.2) is 28.1 Å². The minimum atomic E-state index is -1.10. The van der Waals surface area contributed by atoms with Crippen LogP contribution < -0.4 is 4.90 Å². The highest BCUT2D eigenvalue weighted by Gasteiger charge is 2.40. The van der Waals surface area contributed by atoms with E-state index in [1.807, 2.05) is 0 Å². The van der Waals surface area contributed by atoms with Crippen LogP contribution in [-0.2, 0) is 9.59 Å². The summed E-state index contributed by atoms with van der Waals surface area (Å²) in [5.41, 5.74) is 0.256. The summed E-state index contributed by atoms with van der Waals surface area (Å²) in [4.78, 5) is 37.3. The molecule has 1 atom stereocenters. The van der Waals surface area contributed by atoms with E-state index in [4.69, 9.17) is 0 Å². The van der Waals surface area contributed by atoms with Crippen molar-refractivity contribution < 1.29 is 23.9 Å². The van der Waals surface area contributed by atoms with Crippen molar-refractivity contribution in [3.05, 3.63) is 59.9 Å². The molecule has 2 amide bonds. The molecule has 1 saturated heterocycles. The average molecular weight is 345 g/mol. The molecule has 0 saturated carbocycles. The zero-order valence-electron chi connectivity index (χ0n) is 12.3. The Morgan fingerprint density at radius 3 is 2.62 bits per heavy atom. The van der Waals surface area contributed by atoms with Crippen LogP contribution in [0.2, 0.25) is 0 Å². The van der Waals surface area contributed by atoms with Gasteiger partial charge in [-0.15, -0.1) is 11.8 Å². The van der Waals surface area contributed by atoms with Crippen molar-refractivity contribution >= 4 is 35.2 Å². The SMILES string of the molecule is O=C(O)c1ccccc1S[C@H]1CC(=O)N(c2cccc(F)c2)C1=O. The molecule has 1 aliphatic rings. The number of aromatic carboxylic acids is 1. The first-order chi connectivity index (χ1) is 11.5. The van der Waals surface area contributed by atoms with Crippen molar-refractivity contribution in [1.29, 1.82) is 0 Å². The molecule has 1 heterocycles. The quantitative estimate of drug-likeness (QED) is 0.863. The molecule has 3 rings (SSSR count). The van der Waals surface area contributed by atoms with E-state index >= 15 is 0 Å². The molecule has 2 aromatic rings. The molecule has 1 aliphatic heterocycles. The molecule has 24 heavy (non-hydrogen) atoms. The molecule has 2 aromatic carbocycles. The zero-order chi connectivity index (χ0) is 17.3. The third-order valence-corrected chi connectivity index (χ3v) is 4.82. The van der Waals surface area contributed by atoms with Gasteiger partial charge in [-0.05, 0) is 30.3 Å². The normalized spacial score (nSPS) is 17.4. The first-order valence-corrected chi connectivity index (χ1v) is 7.96. The Labute approximate surface area is 141 Å². The summed E-state index contributed by atoms with van der Waals surface area (Å²) in [5, 5.41) is 8.47. The average Bonchev–Trinajstić information content (AvgIpc) is 2.81. The number of rotatable bonds is 4. The van der Waals surface area contributed by atoms with Crippen molar-refractivity contribution in [3.8, 4) is 0 Å². The minimum Gasteiger partial charge on any atom is -0.478 e. The summed E-state index contributed by atoms with van der Waals surface area (Å²) in [6.07, 6.45) is -0.0615. The third kappa shape index (κ3) is 3.03. The second-order valence-electron chi connectivity index (χ2n) is 5.16. The third-order valence-electron chi connectivity index (χ3n) is 3.56. The van der Waals surface area contributed by atoms with Crippen LogP contribution in [0.1, 0.15) is 16.8 Å². The van der Waals surface area contributed by atoms with E-state index in [1.165, 1.54) is 24.3 Å². The van der Waals surface area contributed by atoms with E-state index in [1.54, 1.807) is 18.2 Å². The predicted molar refractivity (Wildman–Crippen MR) is 86.6 cm³/mol. The number of carbonyl (C=O) groups is 3. The van der Waals surface area contributed by atoms with Gasteiger partial charge in [0, 0.05) is 11.3 Å². The number of carbonyl (C=O) groups excluding carboxylic acids is 2. The molecular weight excluding hydrogens is 333 g/mol. The second-order valence-corrected chi connectivity index (χ2v) is 6.40. The van der Waals surface area contributed by atoms with Gasteiger partial charge in [0.05, 0.1) is 16.5 Å². The van der Waals surface area contributed by atoms with Gasteiger partial charge in [0.2, 0.25) is 11.8 Å². The number of carboxylic acid groups (broad SMARTS) is 1. The maximum atomic E-state index is 13.3. The topological polar surface area (TPSA) is 74.7 Å². The maximum absolute atomic E-state index is 13.3. The number of anilines is 1. The van der Waals surface area contributed by atoms with Gasteiger partial charge in [-0.2, -0.15) is 0 Å². The number of hydrogen-bond donors (Lipinski definition) is 1. The Morgan fingerprint density at radius 1 is 1.17 bits per heavy atom. The number of amides is 2. The highest BCUT2D eigenvalue weighted by atomic mass is 32.2. The first kappa shape index (κ1) is 16.2. The van der Waals surface area contributed by atoms with E-state index in [0.717, 1.165) is 22.7 Å². The smallest absolute Gasteiger partial charge is 0.336 e. The number of imide groups is 1. The van der Waals surface area contributed by atoms with Gasteiger partial charge < -0.3 is 5.11 Å². The summed E-state index contributed by atoms with van der Waals surface area (Å²) < 4.78 is 13.3. The molecule has 0 radical (unpaired) electrons. The molecule has 0 bridgehead atoms. The Balaban J connectivity index is 1.86. The molecule has 0 spiro atoms. The van der Waals surface area contributed by atoms with Gasteiger partial charge in [-0.25, -0.2) is 14.1 Å². The van der Waals surface area contributed by atoms with Gasteiger partial charge in [0.25, 0.3) is 0 Å². The molecule has 0 aromatic heterocycles. The number of benzene rings is 2. The molecule has 0 aliphatic carbocycles. The summed E-state index contributed by atoms with van der Waals surface area (Å²) >= 11 is 1.03. The summed E-state index contributed by atoms with van der Waals surface area (Å²) in [6.45, 7) is 0. The van der Waals surface area contributed by atoms with Crippen LogP contribution in [0.25, 0.3) is 0 Å². The minimum absolute atomic E-state index is 0.0615.